The highest BCUT2D eigenvalue weighted by molar-refractivity contribution is 5.08. The monoisotopic (exact) mass is 234 g/mol. The molecule has 0 aliphatic heterocycles. The van der Waals surface area contributed by atoms with Crippen molar-refractivity contribution < 1.29 is 5.11 Å². The number of rotatable bonds is 3. The van der Waals surface area contributed by atoms with Crippen molar-refractivity contribution in [1.82, 2.24) is 10.3 Å². The lowest BCUT2D eigenvalue weighted by molar-refractivity contribution is 0.114. The van der Waals surface area contributed by atoms with Gasteiger partial charge in [-0.25, -0.2) is 0 Å². The zero-order chi connectivity index (χ0) is 12.1. The van der Waals surface area contributed by atoms with Crippen molar-refractivity contribution in [3.8, 4) is 0 Å². The summed E-state index contributed by atoms with van der Waals surface area (Å²) in [5, 5.41) is 13.6. The molecule has 0 saturated heterocycles. The number of nitrogens with zero attached hydrogens (tertiary/aromatic N) is 1. The minimum Gasteiger partial charge on any atom is -0.392 e. The average Bonchev–Trinajstić information content (AvgIpc) is 2.56. The van der Waals surface area contributed by atoms with Gasteiger partial charge < -0.3 is 10.4 Å². The number of nitrogens with one attached hydrogen (secondary N) is 1. The molecule has 3 unspecified atom stereocenters. The van der Waals surface area contributed by atoms with Gasteiger partial charge in [-0.2, -0.15) is 0 Å². The molecule has 1 heterocycles. The summed E-state index contributed by atoms with van der Waals surface area (Å²) < 4.78 is 0. The molecule has 2 N–H and O–H groups in total. The molecule has 0 amide bonds. The number of aromatic nitrogens is 1. The Hall–Kier alpha value is -0.930. The third-order valence-corrected chi connectivity index (χ3v) is 3.57. The third-order valence-electron chi connectivity index (χ3n) is 3.57. The standard InChI is InChI=1S/C14H22N2O/c1-11(12-7-5-6-10-15-12)16-13-8-3-2-4-9-14(13)17/h5-7,10-11,13-14,16-17H,2-4,8-9H2,1H3. The highest BCUT2D eigenvalue weighted by atomic mass is 16.3. The van der Waals surface area contributed by atoms with Gasteiger partial charge in [-0.05, 0) is 31.9 Å². The Kier molecular flexibility index (Phi) is 4.51. The predicted molar refractivity (Wildman–Crippen MR) is 68.7 cm³/mol. The molecule has 94 valence electrons. The smallest absolute Gasteiger partial charge is 0.0693 e. The molecule has 0 spiro atoms. The molecule has 0 bridgehead atoms. The molecule has 1 aliphatic rings. The maximum atomic E-state index is 10.1. The number of aliphatic hydroxyl groups is 1. The van der Waals surface area contributed by atoms with Crippen LogP contribution in [0.15, 0.2) is 24.4 Å². The fraction of sp³-hybridized carbons (Fsp3) is 0.643. The third kappa shape index (κ3) is 3.51. The second kappa shape index (κ2) is 6.12. The van der Waals surface area contributed by atoms with E-state index in [4.69, 9.17) is 0 Å². The highest BCUT2D eigenvalue weighted by Crippen LogP contribution is 2.20. The van der Waals surface area contributed by atoms with E-state index in [1.54, 1.807) is 0 Å². The number of hydrogen-bond acceptors (Lipinski definition) is 3. The quantitative estimate of drug-likeness (QED) is 0.790. The van der Waals surface area contributed by atoms with Crippen molar-refractivity contribution in [3.05, 3.63) is 30.1 Å². The Balaban J connectivity index is 1.95. The Morgan fingerprint density at radius 3 is 2.88 bits per heavy atom. The van der Waals surface area contributed by atoms with Crippen molar-refractivity contribution in [2.24, 2.45) is 0 Å². The average molecular weight is 234 g/mol. The molecule has 1 aromatic heterocycles. The van der Waals surface area contributed by atoms with E-state index in [0.717, 1.165) is 25.0 Å². The fourth-order valence-electron chi connectivity index (χ4n) is 2.52. The zero-order valence-electron chi connectivity index (χ0n) is 10.5. The Bertz CT molecular complexity index is 328. The molecule has 1 saturated carbocycles. The lowest BCUT2D eigenvalue weighted by Gasteiger charge is -2.25. The molecule has 17 heavy (non-hydrogen) atoms. The van der Waals surface area contributed by atoms with Crippen molar-refractivity contribution >= 4 is 0 Å². The summed E-state index contributed by atoms with van der Waals surface area (Å²) in [6, 6.07) is 6.38. The summed E-state index contributed by atoms with van der Waals surface area (Å²) in [6.07, 6.45) is 7.21. The summed E-state index contributed by atoms with van der Waals surface area (Å²) in [5.74, 6) is 0. The van der Waals surface area contributed by atoms with Gasteiger partial charge >= 0.3 is 0 Å². The first-order chi connectivity index (χ1) is 8.27. The molecule has 3 heteroatoms. The summed E-state index contributed by atoms with van der Waals surface area (Å²) in [7, 11) is 0. The number of aliphatic hydroxyl groups excluding tert-OH is 1. The molecular weight excluding hydrogens is 212 g/mol. The molecule has 3 atom stereocenters. The largest absolute Gasteiger partial charge is 0.392 e. The number of pyridine rings is 1. The van der Waals surface area contributed by atoms with Crippen molar-refractivity contribution in [1.29, 1.82) is 0 Å². The second-order valence-electron chi connectivity index (χ2n) is 4.95. The van der Waals surface area contributed by atoms with Gasteiger partial charge in [0.2, 0.25) is 0 Å². The fourth-order valence-corrected chi connectivity index (χ4v) is 2.52. The van der Waals surface area contributed by atoms with Crippen LogP contribution in [0.1, 0.15) is 50.8 Å². The van der Waals surface area contributed by atoms with Crippen LogP contribution in [0.4, 0.5) is 0 Å². The van der Waals surface area contributed by atoms with E-state index >= 15 is 0 Å². The van der Waals surface area contributed by atoms with E-state index in [1.807, 2.05) is 24.4 Å². The zero-order valence-corrected chi connectivity index (χ0v) is 10.5. The first-order valence-corrected chi connectivity index (χ1v) is 6.62. The topological polar surface area (TPSA) is 45.1 Å². The van der Waals surface area contributed by atoms with Crippen LogP contribution < -0.4 is 5.32 Å². The maximum Gasteiger partial charge on any atom is 0.0693 e. The highest BCUT2D eigenvalue weighted by Gasteiger charge is 2.23. The van der Waals surface area contributed by atoms with Gasteiger partial charge in [0.1, 0.15) is 0 Å². The summed E-state index contributed by atoms with van der Waals surface area (Å²) in [5.41, 5.74) is 1.05. The van der Waals surface area contributed by atoms with Gasteiger partial charge in [0.25, 0.3) is 0 Å². The first kappa shape index (κ1) is 12.5. The van der Waals surface area contributed by atoms with E-state index < -0.39 is 0 Å². The summed E-state index contributed by atoms with van der Waals surface area (Å²) in [4.78, 5) is 4.35. The lowest BCUT2D eigenvalue weighted by Crippen LogP contribution is -2.40. The van der Waals surface area contributed by atoms with E-state index in [0.29, 0.717) is 0 Å². The van der Waals surface area contributed by atoms with Crippen molar-refractivity contribution in [2.45, 2.75) is 57.2 Å². The second-order valence-corrected chi connectivity index (χ2v) is 4.95. The molecular formula is C14H22N2O. The van der Waals surface area contributed by atoms with Crippen LogP contribution in [0.3, 0.4) is 0 Å². The van der Waals surface area contributed by atoms with Gasteiger partial charge in [0.05, 0.1) is 11.8 Å². The predicted octanol–water partition coefficient (Wildman–Crippen LogP) is 2.43. The van der Waals surface area contributed by atoms with E-state index in [9.17, 15) is 5.11 Å². The van der Waals surface area contributed by atoms with Crippen LogP contribution in [-0.2, 0) is 0 Å². The minimum absolute atomic E-state index is 0.203. The van der Waals surface area contributed by atoms with Crippen LogP contribution in [0.5, 0.6) is 0 Å². The molecule has 1 aromatic rings. The molecule has 0 radical (unpaired) electrons. The Morgan fingerprint density at radius 2 is 2.12 bits per heavy atom. The first-order valence-electron chi connectivity index (χ1n) is 6.62. The molecule has 3 nitrogen and oxygen atoms in total. The van der Waals surface area contributed by atoms with Gasteiger partial charge in [0.15, 0.2) is 0 Å². The van der Waals surface area contributed by atoms with E-state index in [-0.39, 0.29) is 18.2 Å². The van der Waals surface area contributed by atoms with Gasteiger partial charge in [-0.3, -0.25) is 4.98 Å². The van der Waals surface area contributed by atoms with E-state index in [2.05, 4.69) is 17.2 Å². The van der Waals surface area contributed by atoms with Gasteiger partial charge in [-0.1, -0.05) is 25.3 Å². The van der Waals surface area contributed by atoms with Crippen LogP contribution in [0, 0.1) is 0 Å². The van der Waals surface area contributed by atoms with Gasteiger partial charge in [-0.15, -0.1) is 0 Å². The Labute approximate surface area is 103 Å². The van der Waals surface area contributed by atoms with Crippen LogP contribution in [-0.4, -0.2) is 22.2 Å². The normalized spacial score (nSPS) is 27.4. The maximum absolute atomic E-state index is 10.1. The van der Waals surface area contributed by atoms with Crippen molar-refractivity contribution in [3.63, 3.8) is 0 Å². The molecule has 0 aromatic carbocycles. The summed E-state index contributed by atoms with van der Waals surface area (Å²) >= 11 is 0. The summed E-state index contributed by atoms with van der Waals surface area (Å²) in [6.45, 7) is 2.11. The van der Waals surface area contributed by atoms with E-state index in [1.165, 1.54) is 12.8 Å². The lowest BCUT2D eigenvalue weighted by atomic mass is 10.0. The molecule has 2 rings (SSSR count). The number of hydrogen-bond donors (Lipinski definition) is 2. The minimum atomic E-state index is -0.205. The SMILES string of the molecule is CC(NC1CCCCCC1O)c1ccccn1. The van der Waals surface area contributed by atoms with Gasteiger partial charge in [0, 0.05) is 18.3 Å². The van der Waals surface area contributed by atoms with Crippen LogP contribution >= 0.6 is 0 Å². The molecule has 1 aliphatic carbocycles. The van der Waals surface area contributed by atoms with Crippen LogP contribution in [0.25, 0.3) is 0 Å². The van der Waals surface area contributed by atoms with Crippen molar-refractivity contribution in [2.75, 3.05) is 0 Å². The molecule has 1 fully saturated rings. The van der Waals surface area contributed by atoms with Crippen LogP contribution in [0.2, 0.25) is 0 Å². The Morgan fingerprint density at radius 1 is 1.29 bits per heavy atom.